The zero-order chi connectivity index (χ0) is 18.2. The van der Waals surface area contributed by atoms with Crippen molar-refractivity contribution in [1.82, 2.24) is 0 Å². The van der Waals surface area contributed by atoms with E-state index >= 15 is 0 Å². The van der Waals surface area contributed by atoms with Gasteiger partial charge in [-0.3, -0.25) is 5.43 Å². The first-order valence-electron chi connectivity index (χ1n) is 7.32. The van der Waals surface area contributed by atoms with E-state index in [4.69, 9.17) is 4.74 Å². The Morgan fingerprint density at radius 1 is 1.28 bits per heavy atom. The number of para-hydroxylation sites is 1. The normalized spacial score (nSPS) is 10.9. The Balaban J connectivity index is 2.16. The van der Waals surface area contributed by atoms with Gasteiger partial charge in [-0.05, 0) is 36.8 Å². The number of carboxylic acid groups (broad SMARTS) is 1. The highest BCUT2D eigenvalue weighted by Gasteiger charge is 2.14. The van der Waals surface area contributed by atoms with Crippen LogP contribution < -0.4 is 20.0 Å². The van der Waals surface area contributed by atoms with E-state index in [-0.39, 0.29) is 17.1 Å². The first-order chi connectivity index (χ1) is 12.0. The third-order valence-electron chi connectivity index (χ3n) is 3.03. The number of aromatic carboxylic acids is 1. The number of rotatable bonds is 8. The first kappa shape index (κ1) is 18.2. The standard InChI is InChI=1S/C17H16F2N2O4/c1-2-24-14-5-3-4-12(15(14)25-17(18)19)10-20-21-13-8-6-11(7-9-13)16(22)23/h3-10,17,21H,2H2,1H3,(H,22,23)/p-1/b20-10-. The van der Waals surface area contributed by atoms with Crippen molar-refractivity contribution in [1.29, 1.82) is 0 Å². The maximum atomic E-state index is 12.6. The lowest BCUT2D eigenvalue weighted by Crippen LogP contribution is -2.21. The summed E-state index contributed by atoms with van der Waals surface area (Å²) in [5.41, 5.74) is 3.51. The van der Waals surface area contributed by atoms with E-state index in [2.05, 4.69) is 15.3 Å². The Labute approximate surface area is 142 Å². The molecule has 2 aromatic rings. The molecule has 2 rings (SSSR count). The van der Waals surface area contributed by atoms with Gasteiger partial charge >= 0.3 is 6.61 Å². The Hall–Kier alpha value is -3.16. The number of hydrogen-bond acceptors (Lipinski definition) is 6. The molecule has 1 N–H and O–H groups in total. The smallest absolute Gasteiger partial charge is 0.387 e. The average molecular weight is 349 g/mol. The molecule has 0 atom stereocenters. The Bertz CT molecular complexity index is 749. The molecule has 2 aromatic carbocycles. The molecular weight excluding hydrogens is 334 g/mol. The third kappa shape index (κ3) is 5.17. The molecular formula is C17H15F2N2O4-. The van der Waals surface area contributed by atoms with Crippen LogP contribution in [0.5, 0.6) is 11.5 Å². The van der Waals surface area contributed by atoms with Gasteiger partial charge in [-0.2, -0.15) is 13.9 Å². The largest absolute Gasteiger partial charge is 0.545 e. The molecule has 0 radical (unpaired) electrons. The second kappa shape index (κ2) is 8.62. The van der Waals surface area contributed by atoms with Gasteiger partial charge in [0.2, 0.25) is 0 Å². The van der Waals surface area contributed by atoms with Crippen LogP contribution in [0.4, 0.5) is 14.5 Å². The van der Waals surface area contributed by atoms with Crippen molar-refractivity contribution in [2.24, 2.45) is 5.10 Å². The molecule has 0 unspecified atom stereocenters. The van der Waals surface area contributed by atoms with Crippen molar-refractivity contribution in [3.63, 3.8) is 0 Å². The zero-order valence-electron chi connectivity index (χ0n) is 13.2. The molecule has 0 saturated carbocycles. The molecule has 25 heavy (non-hydrogen) atoms. The van der Waals surface area contributed by atoms with Gasteiger partial charge in [-0.15, -0.1) is 0 Å². The summed E-state index contributed by atoms with van der Waals surface area (Å²) >= 11 is 0. The van der Waals surface area contributed by atoms with Crippen LogP contribution in [0.2, 0.25) is 0 Å². The molecule has 0 bridgehead atoms. The summed E-state index contributed by atoms with van der Waals surface area (Å²) in [7, 11) is 0. The summed E-state index contributed by atoms with van der Waals surface area (Å²) in [4.78, 5) is 10.7. The van der Waals surface area contributed by atoms with Crippen LogP contribution in [-0.2, 0) is 0 Å². The molecule has 0 amide bonds. The van der Waals surface area contributed by atoms with Crippen molar-refractivity contribution < 1.29 is 28.2 Å². The summed E-state index contributed by atoms with van der Waals surface area (Å²) in [6.45, 7) is -0.979. The second-order valence-corrected chi connectivity index (χ2v) is 4.72. The lowest BCUT2D eigenvalue weighted by atomic mass is 10.2. The van der Waals surface area contributed by atoms with E-state index < -0.39 is 12.6 Å². The SMILES string of the molecule is CCOc1cccc(/C=N\Nc2ccc(C(=O)[O-])cc2)c1OC(F)F. The fraction of sp³-hybridized carbons (Fsp3) is 0.176. The zero-order valence-corrected chi connectivity index (χ0v) is 13.2. The predicted molar refractivity (Wildman–Crippen MR) is 86.2 cm³/mol. The number of alkyl halides is 2. The number of hydrazone groups is 1. The van der Waals surface area contributed by atoms with E-state index in [0.29, 0.717) is 17.9 Å². The number of carboxylic acids is 1. The van der Waals surface area contributed by atoms with E-state index in [9.17, 15) is 18.7 Å². The van der Waals surface area contributed by atoms with Crippen molar-refractivity contribution >= 4 is 17.9 Å². The van der Waals surface area contributed by atoms with Crippen molar-refractivity contribution in [3.8, 4) is 11.5 Å². The molecule has 0 aliphatic carbocycles. The Morgan fingerprint density at radius 2 is 2.00 bits per heavy atom. The summed E-state index contributed by atoms with van der Waals surface area (Å²) in [6.07, 6.45) is 1.30. The van der Waals surface area contributed by atoms with E-state index in [1.54, 1.807) is 19.1 Å². The van der Waals surface area contributed by atoms with Gasteiger partial charge < -0.3 is 19.4 Å². The fourth-order valence-electron chi connectivity index (χ4n) is 1.98. The maximum Gasteiger partial charge on any atom is 0.387 e. The highest BCUT2D eigenvalue weighted by Crippen LogP contribution is 2.31. The lowest BCUT2D eigenvalue weighted by molar-refractivity contribution is -0.255. The maximum absolute atomic E-state index is 12.6. The molecule has 0 aliphatic rings. The van der Waals surface area contributed by atoms with Crippen molar-refractivity contribution in [2.45, 2.75) is 13.5 Å². The number of nitrogens with one attached hydrogen (secondary N) is 1. The van der Waals surface area contributed by atoms with Crippen LogP contribution in [0, 0.1) is 0 Å². The molecule has 0 aromatic heterocycles. The van der Waals surface area contributed by atoms with E-state index in [0.717, 1.165) is 0 Å². The number of hydrogen-bond donors (Lipinski definition) is 1. The number of carbonyl (C=O) groups is 1. The van der Waals surface area contributed by atoms with Gasteiger partial charge in [-0.25, -0.2) is 0 Å². The van der Waals surface area contributed by atoms with Gasteiger partial charge in [0.25, 0.3) is 0 Å². The van der Waals surface area contributed by atoms with Crippen LogP contribution in [0.3, 0.4) is 0 Å². The second-order valence-electron chi connectivity index (χ2n) is 4.72. The Kier molecular flexibility index (Phi) is 6.27. The number of halogens is 2. The summed E-state index contributed by atoms with van der Waals surface area (Å²) in [5.74, 6) is -1.21. The molecule has 0 heterocycles. The van der Waals surface area contributed by atoms with Gasteiger partial charge in [0.05, 0.1) is 24.5 Å². The minimum absolute atomic E-state index is 0.0339. The van der Waals surface area contributed by atoms with Crippen LogP contribution in [0.25, 0.3) is 0 Å². The van der Waals surface area contributed by atoms with Crippen LogP contribution in [0.15, 0.2) is 47.6 Å². The average Bonchev–Trinajstić information content (AvgIpc) is 2.58. The molecule has 0 saturated heterocycles. The van der Waals surface area contributed by atoms with Gasteiger partial charge in [-0.1, -0.05) is 18.2 Å². The number of ether oxygens (including phenoxy) is 2. The van der Waals surface area contributed by atoms with Gasteiger partial charge in [0.15, 0.2) is 11.5 Å². The summed E-state index contributed by atoms with van der Waals surface area (Å²) < 4.78 is 35.0. The number of nitrogens with zero attached hydrogens (tertiary/aromatic N) is 1. The molecule has 0 aliphatic heterocycles. The van der Waals surface area contributed by atoms with Crippen molar-refractivity contribution in [3.05, 3.63) is 53.6 Å². The van der Waals surface area contributed by atoms with Crippen LogP contribution in [0.1, 0.15) is 22.8 Å². The molecule has 6 nitrogen and oxygen atoms in total. The third-order valence-corrected chi connectivity index (χ3v) is 3.03. The minimum atomic E-state index is -3.00. The molecule has 8 heteroatoms. The monoisotopic (exact) mass is 349 g/mol. The van der Waals surface area contributed by atoms with Gasteiger partial charge in [0, 0.05) is 5.56 Å². The topological polar surface area (TPSA) is 83.0 Å². The lowest BCUT2D eigenvalue weighted by Gasteiger charge is -2.13. The highest BCUT2D eigenvalue weighted by atomic mass is 19.3. The number of benzene rings is 2. The summed E-state index contributed by atoms with van der Waals surface area (Å²) in [6, 6.07) is 10.4. The Morgan fingerprint density at radius 3 is 2.60 bits per heavy atom. The minimum Gasteiger partial charge on any atom is -0.545 e. The fourth-order valence-corrected chi connectivity index (χ4v) is 1.98. The van der Waals surface area contributed by atoms with Crippen LogP contribution >= 0.6 is 0 Å². The van der Waals surface area contributed by atoms with E-state index in [1.165, 1.54) is 36.5 Å². The quantitative estimate of drug-likeness (QED) is 0.585. The predicted octanol–water partition coefficient (Wildman–Crippen LogP) is 2.50. The molecule has 0 spiro atoms. The number of anilines is 1. The number of carbonyl (C=O) groups excluding carboxylic acids is 1. The summed E-state index contributed by atoms with van der Waals surface area (Å²) in [5, 5.41) is 14.6. The van der Waals surface area contributed by atoms with Gasteiger partial charge in [0.1, 0.15) is 0 Å². The first-order valence-corrected chi connectivity index (χ1v) is 7.32. The molecule has 132 valence electrons. The highest BCUT2D eigenvalue weighted by molar-refractivity contribution is 5.87. The van der Waals surface area contributed by atoms with Crippen LogP contribution in [-0.4, -0.2) is 25.4 Å². The van der Waals surface area contributed by atoms with Crippen molar-refractivity contribution in [2.75, 3.05) is 12.0 Å². The van der Waals surface area contributed by atoms with E-state index in [1.807, 2.05) is 0 Å². The molecule has 0 fully saturated rings.